The fraction of sp³-hybridized carbons (Fsp3) is 0.842. The molecule has 2 atom stereocenters. The summed E-state index contributed by atoms with van der Waals surface area (Å²) in [5.74, 6) is 1.39. The summed E-state index contributed by atoms with van der Waals surface area (Å²) in [4.78, 5) is 14.7. The molecule has 0 radical (unpaired) electrons. The molecular weight excluding hydrogens is 348 g/mol. The number of aliphatic hydroxyl groups excluding tert-OH is 1. The number of ether oxygens (including phenoxy) is 1. The van der Waals surface area contributed by atoms with E-state index in [0.29, 0.717) is 31.4 Å². The van der Waals surface area contributed by atoms with E-state index in [1.165, 1.54) is 0 Å². The molecule has 1 aromatic heterocycles. The molecule has 4 rings (SSSR count). The molecule has 0 aromatic carbocycles. The fourth-order valence-corrected chi connectivity index (χ4v) is 4.55. The predicted octanol–water partition coefficient (Wildman–Crippen LogP) is 1.17. The quantitative estimate of drug-likeness (QED) is 0.811. The molecule has 0 bridgehead atoms. The number of likely N-dealkylation sites (tertiary alicyclic amines) is 1. The van der Waals surface area contributed by atoms with Crippen molar-refractivity contribution in [1.82, 2.24) is 20.4 Å². The number of amides is 1. The summed E-state index contributed by atoms with van der Waals surface area (Å²) in [7, 11) is 0. The zero-order chi connectivity index (χ0) is 19.1. The lowest BCUT2D eigenvalue weighted by Crippen LogP contribution is -2.69. The zero-order valence-electron chi connectivity index (χ0n) is 16.2. The zero-order valence-corrected chi connectivity index (χ0v) is 16.2. The Morgan fingerprint density at radius 3 is 2.63 bits per heavy atom. The molecule has 2 saturated heterocycles. The summed E-state index contributed by atoms with van der Waals surface area (Å²) in [6.07, 6.45) is 4.41. The van der Waals surface area contributed by atoms with Crippen LogP contribution in [0.2, 0.25) is 0 Å². The molecule has 0 unspecified atom stereocenters. The van der Waals surface area contributed by atoms with Crippen molar-refractivity contribution in [3.8, 4) is 0 Å². The van der Waals surface area contributed by atoms with E-state index in [4.69, 9.17) is 9.15 Å². The highest BCUT2D eigenvalue weighted by Crippen LogP contribution is 2.40. The highest BCUT2D eigenvalue weighted by atomic mass is 16.5. The molecule has 1 aromatic rings. The first kappa shape index (κ1) is 18.8. The van der Waals surface area contributed by atoms with E-state index in [1.54, 1.807) is 6.92 Å². The lowest BCUT2D eigenvalue weighted by molar-refractivity contribution is -0.209. The second-order valence-electron chi connectivity index (χ2n) is 8.59. The monoisotopic (exact) mass is 378 g/mol. The van der Waals surface area contributed by atoms with Crippen LogP contribution in [0, 0.1) is 12.8 Å². The van der Waals surface area contributed by atoms with Crippen molar-refractivity contribution in [2.24, 2.45) is 5.92 Å². The second-order valence-corrected chi connectivity index (χ2v) is 8.59. The van der Waals surface area contributed by atoms with E-state index < -0.39 is 17.2 Å². The molecular formula is C19H30N4O4. The molecule has 1 aliphatic carbocycles. The van der Waals surface area contributed by atoms with E-state index in [1.807, 2.05) is 6.92 Å². The summed E-state index contributed by atoms with van der Waals surface area (Å²) >= 11 is 0. The Labute approximate surface area is 159 Å². The Bertz CT molecular complexity index is 681. The summed E-state index contributed by atoms with van der Waals surface area (Å²) in [6.45, 7) is 6.49. The van der Waals surface area contributed by atoms with Gasteiger partial charge in [0, 0.05) is 32.5 Å². The molecule has 1 spiro atoms. The maximum absolute atomic E-state index is 12.5. The topological polar surface area (TPSA) is 101 Å². The number of aromatic nitrogens is 2. The average molecular weight is 378 g/mol. The number of hydrogen-bond acceptors (Lipinski definition) is 7. The van der Waals surface area contributed by atoms with Gasteiger partial charge in [-0.2, -0.15) is 0 Å². The van der Waals surface area contributed by atoms with Crippen LogP contribution in [0.4, 0.5) is 0 Å². The summed E-state index contributed by atoms with van der Waals surface area (Å²) in [6, 6.07) is 0. The Balaban J connectivity index is 1.38. The van der Waals surface area contributed by atoms with E-state index >= 15 is 0 Å². The second kappa shape index (κ2) is 7.14. The number of piperidine rings is 1. The van der Waals surface area contributed by atoms with Crippen molar-refractivity contribution in [2.45, 2.75) is 76.2 Å². The summed E-state index contributed by atoms with van der Waals surface area (Å²) in [5, 5.41) is 22.3. The third-order valence-electron chi connectivity index (χ3n) is 6.63. The van der Waals surface area contributed by atoms with Gasteiger partial charge in [-0.25, -0.2) is 0 Å². The van der Waals surface area contributed by atoms with Crippen LogP contribution < -0.4 is 5.32 Å². The van der Waals surface area contributed by atoms with Crippen molar-refractivity contribution in [3.05, 3.63) is 11.8 Å². The molecule has 3 aliphatic rings. The van der Waals surface area contributed by atoms with Gasteiger partial charge < -0.3 is 19.6 Å². The first-order valence-corrected chi connectivity index (χ1v) is 10.1. The van der Waals surface area contributed by atoms with E-state index in [9.17, 15) is 9.90 Å². The molecule has 1 amide bonds. The van der Waals surface area contributed by atoms with Crippen LogP contribution in [0.5, 0.6) is 0 Å². The van der Waals surface area contributed by atoms with E-state index in [0.717, 1.165) is 45.2 Å². The van der Waals surface area contributed by atoms with Gasteiger partial charge in [0.1, 0.15) is 6.10 Å². The third-order valence-corrected chi connectivity index (χ3v) is 6.63. The minimum atomic E-state index is -0.712. The Morgan fingerprint density at radius 1 is 1.30 bits per heavy atom. The fourth-order valence-electron chi connectivity index (χ4n) is 4.55. The number of aliphatic hydroxyl groups is 1. The first-order chi connectivity index (χ1) is 12.9. The van der Waals surface area contributed by atoms with Gasteiger partial charge in [-0.15, -0.1) is 10.2 Å². The van der Waals surface area contributed by atoms with Crippen LogP contribution in [0.25, 0.3) is 0 Å². The molecule has 150 valence electrons. The molecule has 2 N–H and O–H groups in total. The van der Waals surface area contributed by atoms with Crippen molar-refractivity contribution < 1.29 is 19.1 Å². The first-order valence-electron chi connectivity index (χ1n) is 10.1. The third kappa shape index (κ3) is 3.62. The summed E-state index contributed by atoms with van der Waals surface area (Å²) < 4.78 is 11.6. The van der Waals surface area contributed by atoms with Crippen LogP contribution >= 0.6 is 0 Å². The molecule has 8 nitrogen and oxygen atoms in total. The molecule has 8 heteroatoms. The SMILES string of the molecule is Cc1nnc(CN2CCC3(CC2)OCC[C@@](C)(NC(=O)C2CCC2)[C@@H]3O)o1. The van der Waals surface area contributed by atoms with Gasteiger partial charge in [0.25, 0.3) is 0 Å². The number of hydrogen-bond donors (Lipinski definition) is 2. The Hall–Kier alpha value is -1.51. The van der Waals surface area contributed by atoms with Gasteiger partial charge in [-0.05, 0) is 39.0 Å². The average Bonchev–Trinajstić information content (AvgIpc) is 2.98. The van der Waals surface area contributed by atoms with Crippen LogP contribution in [0.15, 0.2) is 4.42 Å². The predicted molar refractivity (Wildman–Crippen MR) is 96.7 cm³/mol. The van der Waals surface area contributed by atoms with E-state index in [-0.39, 0.29) is 11.8 Å². The van der Waals surface area contributed by atoms with Crippen LogP contribution in [-0.2, 0) is 16.1 Å². The van der Waals surface area contributed by atoms with Gasteiger partial charge in [0.15, 0.2) is 0 Å². The minimum absolute atomic E-state index is 0.0871. The lowest BCUT2D eigenvalue weighted by Gasteiger charge is -2.53. The van der Waals surface area contributed by atoms with Crippen LogP contribution in [0.1, 0.15) is 57.2 Å². The molecule has 1 saturated carbocycles. The van der Waals surface area contributed by atoms with Gasteiger partial charge >= 0.3 is 0 Å². The molecule has 3 fully saturated rings. The number of nitrogens with one attached hydrogen (secondary N) is 1. The number of aryl methyl sites for hydroxylation is 1. The minimum Gasteiger partial charge on any atom is -0.424 e. The van der Waals surface area contributed by atoms with Crippen molar-refractivity contribution in [1.29, 1.82) is 0 Å². The smallest absolute Gasteiger partial charge is 0.230 e. The van der Waals surface area contributed by atoms with Crippen LogP contribution in [0.3, 0.4) is 0 Å². The summed E-state index contributed by atoms with van der Waals surface area (Å²) in [5.41, 5.74) is -1.22. The van der Waals surface area contributed by atoms with Crippen molar-refractivity contribution >= 4 is 5.91 Å². The van der Waals surface area contributed by atoms with Gasteiger partial charge in [-0.3, -0.25) is 9.69 Å². The highest BCUT2D eigenvalue weighted by Gasteiger charge is 2.54. The van der Waals surface area contributed by atoms with Crippen LogP contribution in [-0.4, -0.2) is 63.1 Å². The lowest BCUT2D eigenvalue weighted by atomic mass is 9.72. The largest absolute Gasteiger partial charge is 0.424 e. The number of nitrogens with zero attached hydrogens (tertiary/aromatic N) is 3. The van der Waals surface area contributed by atoms with Crippen molar-refractivity contribution in [3.63, 3.8) is 0 Å². The normalized spacial score (nSPS) is 31.6. The number of carbonyl (C=O) groups is 1. The number of rotatable bonds is 4. The standard InChI is InChI=1S/C19H30N4O4/c1-13-21-22-15(27-13)12-23-9-6-19(7-10-23)17(25)18(2,8-11-26-19)20-16(24)14-4-3-5-14/h14,17,25H,3-12H2,1-2H3,(H,20,24)/t17-,18+/m0/s1. The maximum Gasteiger partial charge on any atom is 0.230 e. The van der Waals surface area contributed by atoms with E-state index in [2.05, 4.69) is 20.4 Å². The van der Waals surface area contributed by atoms with Gasteiger partial charge in [-0.1, -0.05) is 6.42 Å². The maximum atomic E-state index is 12.5. The van der Waals surface area contributed by atoms with Gasteiger partial charge in [0.05, 0.1) is 17.7 Å². The number of carbonyl (C=O) groups excluding carboxylic acids is 1. The van der Waals surface area contributed by atoms with Gasteiger partial charge in [0.2, 0.25) is 17.7 Å². The Morgan fingerprint density at radius 2 is 2.04 bits per heavy atom. The molecule has 2 aliphatic heterocycles. The molecule has 27 heavy (non-hydrogen) atoms. The molecule has 3 heterocycles. The van der Waals surface area contributed by atoms with Crippen molar-refractivity contribution in [2.75, 3.05) is 19.7 Å². The highest BCUT2D eigenvalue weighted by molar-refractivity contribution is 5.80. The Kier molecular flexibility index (Phi) is 4.98.